The van der Waals surface area contributed by atoms with Crippen LogP contribution in [0.5, 0.6) is 0 Å². The highest BCUT2D eigenvalue weighted by Gasteiger charge is 2.69. The predicted octanol–water partition coefficient (Wildman–Crippen LogP) is 2.45. The molecule has 1 rings (SSSR count). The first-order valence-corrected chi connectivity index (χ1v) is 10.0. The van der Waals surface area contributed by atoms with E-state index >= 15 is 0 Å². The van der Waals surface area contributed by atoms with E-state index in [-0.39, 0.29) is 10.6 Å². The van der Waals surface area contributed by atoms with Crippen LogP contribution >= 0.6 is 0 Å². The molecule has 0 saturated heterocycles. The number of carbonyl (C=O) groups excluding carboxylic acids is 1. The molecule has 1 aliphatic carbocycles. The summed E-state index contributed by atoms with van der Waals surface area (Å²) in [6, 6.07) is 0. The predicted molar refractivity (Wildman–Crippen MR) is 84.9 cm³/mol. The molecule has 0 spiro atoms. The van der Waals surface area contributed by atoms with Crippen molar-refractivity contribution in [1.29, 1.82) is 0 Å². The molecule has 0 saturated carbocycles. The molecule has 0 radical (unpaired) electrons. The molecule has 128 valence electrons. The third-order valence-electron chi connectivity index (χ3n) is 4.65. The van der Waals surface area contributed by atoms with Crippen molar-refractivity contribution in [2.24, 2.45) is 0 Å². The summed E-state index contributed by atoms with van der Waals surface area (Å²) in [5, 5.41) is -0.0808. The standard InChI is InChI=1S/C15H28O6Si/c1-13(2,3)22(8,9)21-15(20-7)11(12(16)17-4)10-14(15,18-5)19-6/h10H,1-9H3. The van der Waals surface area contributed by atoms with Gasteiger partial charge in [0.05, 0.1) is 7.11 Å². The number of hydrogen-bond acceptors (Lipinski definition) is 6. The molecule has 0 bridgehead atoms. The minimum atomic E-state index is -2.29. The molecule has 1 unspecified atom stereocenters. The zero-order chi connectivity index (χ0) is 17.4. The van der Waals surface area contributed by atoms with Gasteiger partial charge in [0.15, 0.2) is 8.32 Å². The summed E-state index contributed by atoms with van der Waals surface area (Å²) in [5.74, 6) is -3.24. The van der Waals surface area contributed by atoms with Crippen molar-refractivity contribution in [3.63, 3.8) is 0 Å². The Morgan fingerprint density at radius 3 is 1.86 bits per heavy atom. The highest BCUT2D eigenvalue weighted by atomic mass is 28.4. The smallest absolute Gasteiger partial charge is 0.339 e. The molecule has 0 aliphatic heterocycles. The fraction of sp³-hybridized carbons (Fsp3) is 0.800. The summed E-state index contributed by atoms with van der Waals surface area (Å²) >= 11 is 0. The molecule has 1 atom stereocenters. The summed E-state index contributed by atoms with van der Waals surface area (Å²) in [7, 11) is 3.46. The van der Waals surface area contributed by atoms with Gasteiger partial charge in [-0.05, 0) is 24.2 Å². The maximum Gasteiger partial charge on any atom is 0.339 e. The Balaban J connectivity index is 3.38. The second kappa shape index (κ2) is 6.05. The average molecular weight is 332 g/mol. The van der Waals surface area contributed by atoms with Gasteiger partial charge in [-0.15, -0.1) is 0 Å². The van der Waals surface area contributed by atoms with Gasteiger partial charge in [-0.2, -0.15) is 0 Å². The van der Waals surface area contributed by atoms with Crippen molar-refractivity contribution >= 4 is 14.3 Å². The van der Waals surface area contributed by atoms with E-state index in [9.17, 15) is 4.79 Å². The Morgan fingerprint density at radius 1 is 1.05 bits per heavy atom. The van der Waals surface area contributed by atoms with E-state index in [4.69, 9.17) is 23.4 Å². The average Bonchev–Trinajstić information content (AvgIpc) is 2.43. The van der Waals surface area contributed by atoms with Gasteiger partial charge in [0.2, 0.25) is 5.79 Å². The van der Waals surface area contributed by atoms with Crippen LogP contribution in [0, 0.1) is 0 Å². The number of carbonyl (C=O) groups is 1. The fourth-order valence-corrected chi connectivity index (χ4v) is 3.56. The Morgan fingerprint density at radius 2 is 1.55 bits per heavy atom. The van der Waals surface area contributed by atoms with Crippen molar-refractivity contribution in [1.82, 2.24) is 0 Å². The zero-order valence-electron chi connectivity index (χ0n) is 15.0. The lowest BCUT2D eigenvalue weighted by atomic mass is 9.83. The lowest BCUT2D eigenvalue weighted by Gasteiger charge is -2.55. The molecule has 0 aromatic heterocycles. The van der Waals surface area contributed by atoms with Crippen molar-refractivity contribution in [3.8, 4) is 0 Å². The first kappa shape index (κ1) is 19.3. The van der Waals surface area contributed by atoms with Crippen molar-refractivity contribution in [2.75, 3.05) is 28.4 Å². The Bertz CT molecular complexity index is 461. The van der Waals surface area contributed by atoms with Gasteiger partial charge in [-0.3, -0.25) is 0 Å². The highest BCUT2D eigenvalue weighted by Crippen LogP contribution is 2.52. The van der Waals surface area contributed by atoms with E-state index in [0.717, 1.165) is 0 Å². The first-order valence-electron chi connectivity index (χ1n) is 7.14. The molecule has 0 aromatic rings. The lowest BCUT2D eigenvalue weighted by Crippen LogP contribution is -2.71. The van der Waals surface area contributed by atoms with Crippen LogP contribution in [0.3, 0.4) is 0 Å². The minimum absolute atomic E-state index is 0.0808. The number of rotatable bonds is 6. The third kappa shape index (κ3) is 2.65. The van der Waals surface area contributed by atoms with Crippen LogP contribution in [0.25, 0.3) is 0 Å². The Hall–Kier alpha value is -0.733. The van der Waals surface area contributed by atoms with Crippen LogP contribution in [0.1, 0.15) is 20.8 Å². The van der Waals surface area contributed by atoms with E-state index in [1.54, 1.807) is 0 Å². The fourth-order valence-electron chi connectivity index (χ4n) is 2.20. The lowest BCUT2D eigenvalue weighted by molar-refractivity contribution is -0.352. The highest BCUT2D eigenvalue weighted by molar-refractivity contribution is 6.74. The second-order valence-corrected chi connectivity index (χ2v) is 11.5. The topological polar surface area (TPSA) is 63.2 Å². The van der Waals surface area contributed by atoms with Crippen molar-refractivity contribution < 1.29 is 28.2 Å². The van der Waals surface area contributed by atoms with Crippen molar-refractivity contribution in [2.45, 2.75) is 50.5 Å². The van der Waals surface area contributed by atoms with Gasteiger partial charge in [-0.25, -0.2) is 4.79 Å². The van der Waals surface area contributed by atoms with Gasteiger partial charge in [0, 0.05) is 21.3 Å². The monoisotopic (exact) mass is 332 g/mol. The first-order chi connectivity index (χ1) is 9.97. The van der Waals surface area contributed by atoms with E-state index < -0.39 is 25.9 Å². The summed E-state index contributed by atoms with van der Waals surface area (Å²) in [5.41, 5.74) is 0.256. The van der Waals surface area contributed by atoms with E-state index in [1.165, 1.54) is 34.5 Å². The molecule has 0 amide bonds. The van der Waals surface area contributed by atoms with E-state index in [2.05, 4.69) is 33.9 Å². The van der Waals surface area contributed by atoms with Gasteiger partial charge in [0.25, 0.3) is 5.79 Å². The zero-order valence-corrected chi connectivity index (χ0v) is 16.0. The molecule has 0 N–H and O–H groups in total. The number of hydrogen-bond donors (Lipinski definition) is 0. The maximum absolute atomic E-state index is 12.1. The van der Waals surface area contributed by atoms with Crippen molar-refractivity contribution in [3.05, 3.63) is 11.6 Å². The van der Waals surface area contributed by atoms with Gasteiger partial charge >= 0.3 is 5.97 Å². The Labute approximate surface area is 133 Å². The number of ether oxygens (including phenoxy) is 4. The largest absolute Gasteiger partial charge is 0.466 e. The number of esters is 1. The summed E-state index contributed by atoms with van der Waals surface area (Å²) in [6.45, 7) is 10.4. The van der Waals surface area contributed by atoms with E-state index in [1.807, 2.05) is 0 Å². The summed E-state index contributed by atoms with van der Waals surface area (Å²) < 4.78 is 27.8. The molecule has 6 nitrogen and oxygen atoms in total. The van der Waals surface area contributed by atoms with Crippen LogP contribution in [0.2, 0.25) is 18.1 Å². The minimum Gasteiger partial charge on any atom is -0.466 e. The molecular weight excluding hydrogens is 304 g/mol. The van der Waals surface area contributed by atoms with Crippen LogP contribution in [-0.2, 0) is 28.2 Å². The summed E-state index contributed by atoms with van der Waals surface area (Å²) in [4.78, 5) is 12.1. The van der Waals surface area contributed by atoms with Gasteiger partial charge in [0.1, 0.15) is 5.57 Å². The molecule has 22 heavy (non-hydrogen) atoms. The quantitative estimate of drug-likeness (QED) is 0.423. The van der Waals surface area contributed by atoms with E-state index in [0.29, 0.717) is 0 Å². The molecule has 1 aliphatic rings. The van der Waals surface area contributed by atoms with Crippen LogP contribution in [0.4, 0.5) is 0 Å². The maximum atomic E-state index is 12.1. The second-order valence-electron chi connectivity index (χ2n) is 6.81. The third-order valence-corrected chi connectivity index (χ3v) is 9.06. The summed E-state index contributed by atoms with van der Waals surface area (Å²) in [6.07, 6.45) is 1.54. The molecule has 0 aromatic carbocycles. The van der Waals surface area contributed by atoms with Crippen LogP contribution in [-0.4, -0.2) is 54.3 Å². The number of methoxy groups -OCH3 is 4. The molecule has 0 heterocycles. The van der Waals surface area contributed by atoms with Crippen LogP contribution < -0.4 is 0 Å². The normalized spacial score (nSPS) is 24.5. The van der Waals surface area contributed by atoms with Gasteiger partial charge in [-0.1, -0.05) is 20.8 Å². The molecule has 0 fully saturated rings. The molecular formula is C15H28O6Si. The van der Waals surface area contributed by atoms with Crippen LogP contribution in [0.15, 0.2) is 11.6 Å². The Kier molecular flexibility index (Phi) is 5.31. The van der Waals surface area contributed by atoms with Gasteiger partial charge < -0.3 is 23.4 Å². The SMILES string of the molecule is COC(=O)C1=CC(OC)(OC)C1(OC)O[Si](C)(C)C(C)(C)C. The molecule has 7 heteroatoms.